The molecule has 1 atom stereocenters. The second-order valence-electron chi connectivity index (χ2n) is 9.00. The molecule has 6 heteroatoms. The fourth-order valence-electron chi connectivity index (χ4n) is 4.58. The summed E-state index contributed by atoms with van der Waals surface area (Å²) in [7, 11) is 1.65. The molecule has 1 N–H and O–H groups in total. The van der Waals surface area contributed by atoms with Crippen LogP contribution in [0.5, 0.6) is 5.75 Å². The molecule has 0 spiro atoms. The highest BCUT2D eigenvalue weighted by Gasteiger charge is 2.41. The van der Waals surface area contributed by atoms with E-state index < -0.39 is 0 Å². The van der Waals surface area contributed by atoms with Crippen molar-refractivity contribution < 1.29 is 9.53 Å². The SMILES string of the molecule is COc1ccc(-c2cc3n(n2)C(c2ccc(Cl)cc2)C2=C(CC(C)(C)CC2=O)N3)cc1. The summed E-state index contributed by atoms with van der Waals surface area (Å²) >= 11 is 6.14. The first-order valence-corrected chi connectivity index (χ1v) is 10.8. The van der Waals surface area contributed by atoms with Gasteiger partial charge in [0, 0.05) is 34.3 Å². The summed E-state index contributed by atoms with van der Waals surface area (Å²) in [5, 5.41) is 9.10. The predicted octanol–water partition coefficient (Wildman–Crippen LogP) is 5.87. The van der Waals surface area contributed by atoms with Crippen LogP contribution in [0.4, 0.5) is 5.82 Å². The fraction of sp³-hybridized carbons (Fsp3) is 0.280. The van der Waals surface area contributed by atoms with Gasteiger partial charge in [-0.05, 0) is 53.8 Å². The summed E-state index contributed by atoms with van der Waals surface area (Å²) in [4.78, 5) is 13.3. The summed E-state index contributed by atoms with van der Waals surface area (Å²) < 4.78 is 7.20. The van der Waals surface area contributed by atoms with Crippen molar-refractivity contribution in [3.63, 3.8) is 0 Å². The van der Waals surface area contributed by atoms with Gasteiger partial charge in [0.05, 0.1) is 12.8 Å². The van der Waals surface area contributed by atoms with Gasteiger partial charge in [-0.25, -0.2) is 4.68 Å². The number of hydrogen-bond acceptors (Lipinski definition) is 4. The first-order valence-electron chi connectivity index (χ1n) is 10.4. The highest BCUT2D eigenvalue weighted by atomic mass is 35.5. The zero-order valence-corrected chi connectivity index (χ0v) is 18.5. The number of nitrogens with zero attached hydrogens (tertiary/aromatic N) is 2. The van der Waals surface area contributed by atoms with Crippen LogP contribution < -0.4 is 10.1 Å². The van der Waals surface area contributed by atoms with Gasteiger partial charge in [-0.2, -0.15) is 5.10 Å². The minimum atomic E-state index is -0.279. The smallest absolute Gasteiger partial charge is 0.163 e. The molecule has 3 aromatic rings. The van der Waals surface area contributed by atoms with Crippen LogP contribution in [0.3, 0.4) is 0 Å². The van der Waals surface area contributed by atoms with Gasteiger partial charge < -0.3 is 10.1 Å². The lowest BCUT2D eigenvalue weighted by Crippen LogP contribution is -2.36. The van der Waals surface area contributed by atoms with E-state index in [1.165, 1.54) is 0 Å². The van der Waals surface area contributed by atoms with Crippen LogP contribution in [0.1, 0.15) is 38.3 Å². The van der Waals surface area contributed by atoms with Gasteiger partial charge in [-0.15, -0.1) is 0 Å². The summed E-state index contributed by atoms with van der Waals surface area (Å²) in [6.07, 6.45) is 1.35. The number of fused-ring (bicyclic) bond motifs is 1. The highest BCUT2D eigenvalue weighted by molar-refractivity contribution is 6.30. The molecule has 0 saturated heterocycles. The van der Waals surface area contributed by atoms with Crippen LogP contribution in [0.25, 0.3) is 11.3 Å². The second-order valence-corrected chi connectivity index (χ2v) is 9.44. The summed E-state index contributed by atoms with van der Waals surface area (Å²) in [6, 6.07) is 17.3. The van der Waals surface area contributed by atoms with E-state index in [1.54, 1.807) is 7.11 Å². The van der Waals surface area contributed by atoms with Crippen LogP contribution in [0, 0.1) is 5.41 Å². The molecule has 1 unspecified atom stereocenters. The average Bonchev–Trinajstić information content (AvgIpc) is 3.16. The van der Waals surface area contributed by atoms with Gasteiger partial charge in [0.25, 0.3) is 0 Å². The van der Waals surface area contributed by atoms with Crippen molar-refractivity contribution in [3.05, 3.63) is 76.5 Å². The molecule has 0 bridgehead atoms. The molecule has 5 nitrogen and oxygen atoms in total. The molecule has 1 aliphatic heterocycles. The summed E-state index contributed by atoms with van der Waals surface area (Å²) in [5.41, 5.74) is 4.55. The first-order chi connectivity index (χ1) is 14.8. The summed E-state index contributed by atoms with van der Waals surface area (Å²) in [6.45, 7) is 4.28. The van der Waals surface area contributed by atoms with Gasteiger partial charge in [-0.3, -0.25) is 4.79 Å². The Bertz CT molecular complexity index is 1190. The Kier molecular flexibility index (Phi) is 4.67. The molecule has 158 valence electrons. The molecule has 0 fully saturated rings. The number of Topliss-reactive ketones (excluding diaryl/α,β-unsaturated/α-hetero) is 1. The van der Waals surface area contributed by atoms with Gasteiger partial charge in [0.2, 0.25) is 0 Å². The van der Waals surface area contributed by atoms with Crippen molar-refractivity contribution in [1.82, 2.24) is 9.78 Å². The monoisotopic (exact) mass is 433 g/mol. The molecule has 2 heterocycles. The number of hydrogen-bond donors (Lipinski definition) is 1. The molecular formula is C25H24ClN3O2. The average molecular weight is 434 g/mol. The van der Waals surface area contributed by atoms with Crippen LogP contribution in [-0.4, -0.2) is 22.7 Å². The third-order valence-electron chi connectivity index (χ3n) is 6.02. The molecule has 31 heavy (non-hydrogen) atoms. The number of aromatic nitrogens is 2. The zero-order valence-electron chi connectivity index (χ0n) is 17.8. The van der Waals surface area contributed by atoms with Crippen molar-refractivity contribution in [1.29, 1.82) is 0 Å². The number of rotatable bonds is 3. The van der Waals surface area contributed by atoms with Crippen LogP contribution >= 0.6 is 11.6 Å². The minimum absolute atomic E-state index is 0.0749. The number of halogens is 1. The van der Waals surface area contributed by atoms with E-state index in [-0.39, 0.29) is 17.2 Å². The molecule has 1 aromatic heterocycles. The standard InChI is InChI=1S/C25H24ClN3O2/c1-25(2)13-20-23(21(30)14-25)24(16-4-8-17(26)9-5-16)29-22(27-20)12-19(28-29)15-6-10-18(31-3)11-7-15/h4-12,24,27H,13-14H2,1-3H3. The highest BCUT2D eigenvalue weighted by Crippen LogP contribution is 2.46. The number of ether oxygens (including phenoxy) is 1. The normalized spacial score (nSPS) is 19.5. The number of methoxy groups -OCH3 is 1. The molecule has 0 saturated carbocycles. The number of nitrogens with one attached hydrogen (secondary N) is 1. The lowest BCUT2D eigenvalue weighted by Gasteiger charge is -2.38. The van der Waals surface area contributed by atoms with Gasteiger partial charge in [-0.1, -0.05) is 37.6 Å². The molecule has 2 aromatic carbocycles. The first kappa shape index (κ1) is 19.9. The maximum Gasteiger partial charge on any atom is 0.163 e. The van der Waals surface area contributed by atoms with Crippen molar-refractivity contribution in [2.24, 2.45) is 5.41 Å². The van der Waals surface area contributed by atoms with Gasteiger partial charge in [0.1, 0.15) is 17.6 Å². The van der Waals surface area contributed by atoms with Crippen molar-refractivity contribution in [2.75, 3.05) is 12.4 Å². The van der Waals surface area contributed by atoms with E-state index in [2.05, 4.69) is 19.2 Å². The largest absolute Gasteiger partial charge is 0.497 e. The molecule has 0 amide bonds. The number of carbonyl (C=O) groups is 1. The third-order valence-corrected chi connectivity index (χ3v) is 6.28. The molecule has 1 aliphatic carbocycles. The summed E-state index contributed by atoms with van der Waals surface area (Å²) in [5.74, 6) is 1.86. The molecular weight excluding hydrogens is 410 g/mol. The Balaban J connectivity index is 1.64. The van der Waals surface area contributed by atoms with Crippen molar-refractivity contribution in [3.8, 4) is 17.0 Å². The Morgan fingerprint density at radius 1 is 1.10 bits per heavy atom. The van der Waals surface area contributed by atoms with Gasteiger partial charge in [0.15, 0.2) is 5.78 Å². The number of ketones is 1. The maximum absolute atomic E-state index is 13.3. The van der Waals surface area contributed by atoms with E-state index in [1.807, 2.05) is 59.3 Å². The van der Waals surface area contributed by atoms with E-state index in [4.69, 9.17) is 21.4 Å². The van der Waals surface area contributed by atoms with E-state index >= 15 is 0 Å². The van der Waals surface area contributed by atoms with Crippen LogP contribution in [0.2, 0.25) is 5.02 Å². The van der Waals surface area contributed by atoms with Crippen LogP contribution in [-0.2, 0) is 4.79 Å². The van der Waals surface area contributed by atoms with Crippen molar-refractivity contribution in [2.45, 2.75) is 32.7 Å². The Morgan fingerprint density at radius 3 is 2.48 bits per heavy atom. The van der Waals surface area contributed by atoms with E-state index in [0.29, 0.717) is 11.4 Å². The Hall–Kier alpha value is -3.05. The molecule has 2 aliphatic rings. The van der Waals surface area contributed by atoms with Gasteiger partial charge >= 0.3 is 0 Å². The van der Waals surface area contributed by atoms with E-state index in [0.717, 1.165) is 46.1 Å². The maximum atomic E-state index is 13.3. The minimum Gasteiger partial charge on any atom is -0.497 e. The lowest BCUT2D eigenvalue weighted by atomic mass is 9.73. The second kappa shape index (κ2) is 7.27. The molecule has 0 radical (unpaired) electrons. The Labute approximate surface area is 186 Å². The predicted molar refractivity (Wildman–Crippen MR) is 122 cm³/mol. The van der Waals surface area contributed by atoms with Crippen molar-refractivity contribution >= 4 is 23.2 Å². The quantitative estimate of drug-likeness (QED) is 0.561. The topological polar surface area (TPSA) is 56.2 Å². The molecule has 5 rings (SSSR count). The number of carbonyl (C=O) groups excluding carboxylic acids is 1. The zero-order chi connectivity index (χ0) is 21.8. The van der Waals surface area contributed by atoms with E-state index in [9.17, 15) is 4.79 Å². The fourth-order valence-corrected chi connectivity index (χ4v) is 4.71. The van der Waals surface area contributed by atoms with Crippen LogP contribution in [0.15, 0.2) is 65.9 Å². The number of anilines is 1. The number of benzene rings is 2. The Morgan fingerprint density at radius 2 is 1.81 bits per heavy atom. The number of allylic oxidation sites excluding steroid dienone is 2. The lowest BCUT2D eigenvalue weighted by molar-refractivity contribution is -0.118. The third kappa shape index (κ3) is 3.53.